The van der Waals surface area contributed by atoms with Crippen molar-refractivity contribution in [1.29, 1.82) is 0 Å². The van der Waals surface area contributed by atoms with Gasteiger partial charge in [0, 0.05) is 37.2 Å². The van der Waals surface area contributed by atoms with Crippen LogP contribution >= 0.6 is 0 Å². The molecule has 0 saturated carbocycles. The molecule has 3 heterocycles. The summed E-state index contributed by atoms with van der Waals surface area (Å²) in [5.41, 5.74) is 7.18. The Morgan fingerprint density at radius 3 is 3.23 bits per heavy atom. The molecule has 7 heteroatoms. The number of nitrogens with one attached hydrogen (secondary N) is 1. The number of nitrogens with zero attached hydrogens (tertiary/aromatic N) is 2. The van der Waals surface area contributed by atoms with Gasteiger partial charge in [0.25, 0.3) is 5.91 Å². The Hall–Kier alpha value is -1.99. The second kappa shape index (κ2) is 4.76. The molecular weight excluding hydrogens is 287 g/mol. The van der Waals surface area contributed by atoms with Crippen LogP contribution in [0.4, 0.5) is 4.39 Å². The molecule has 1 amide bonds. The van der Waals surface area contributed by atoms with E-state index < -0.39 is 11.4 Å². The highest BCUT2D eigenvalue weighted by Crippen LogP contribution is 2.33. The molecular formula is C15H17FN4O2. The van der Waals surface area contributed by atoms with Crippen molar-refractivity contribution in [1.82, 2.24) is 14.9 Å². The fraction of sp³-hybridized carbons (Fsp3) is 0.467. The maximum absolute atomic E-state index is 14.2. The van der Waals surface area contributed by atoms with Crippen LogP contribution in [0, 0.1) is 11.7 Å². The summed E-state index contributed by atoms with van der Waals surface area (Å²) in [5, 5.41) is 0. The standard InChI is InChI=1S/C15H17FN4O2/c16-11-4-13-12(18-8-19-13)3-10(11)14(21)20-5-9-6-22-2-1-15(9,17)7-20/h3-4,8-9H,1-2,5-7,17H2,(H,18,19)/t9-,15+/m0/s1. The highest BCUT2D eigenvalue weighted by molar-refractivity contribution is 5.98. The molecule has 0 radical (unpaired) electrons. The predicted octanol–water partition coefficient (Wildman–Crippen LogP) is 0.892. The van der Waals surface area contributed by atoms with Gasteiger partial charge in [-0.3, -0.25) is 4.79 Å². The van der Waals surface area contributed by atoms with Crippen LogP contribution in [-0.2, 0) is 4.74 Å². The van der Waals surface area contributed by atoms with Crippen LogP contribution in [-0.4, -0.2) is 52.6 Å². The van der Waals surface area contributed by atoms with Crippen molar-refractivity contribution in [2.45, 2.75) is 12.0 Å². The average Bonchev–Trinajstić information content (AvgIpc) is 3.08. The number of halogens is 1. The van der Waals surface area contributed by atoms with Gasteiger partial charge < -0.3 is 20.4 Å². The number of carbonyl (C=O) groups is 1. The lowest BCUT2D eigenvalue weighted by Crippen LogP contribution is -2.52. The Bertz CT molecular complexity index is 746. The van der Waals surface area contributed by atoms with Gasteiger partial charge in [0.1, 0.15) is 5.82 Å². The normalized spacial score (nSPS) is 28.1. The van der Waals surface area contributed by atoms with Gasteiger partial charge >= 0.3 is 0 Å². The first-order chi connectivity index (χ1) is 10.6. The number of fused-ring (bicyclic) bond motifs is 2. The molecule has 2 fully saturated rings. The van der Waals surface area contributed by atoms with Gasteiger partial charge in [0.2, 0.25) is 0 Å². The minimum absolute atomic E-state index is 0.0442. The molecule has 1 aromatic carbocycles. The Balaban J connectivity index is 1.64. The monoisotopic (exact) mass is 304 g/mol. The molecule has 22 heavy (non-hydrogen) atoms. The topological polar surface area (TPSA) is 84.2 Å². The summed E-state index contributed by atoms with van der Waals surface area (Å²) in [6.07, 6.45) is 2.21. The van der Waals surface area contributed by atoms with Crippen molar-refractivity contribution in [3.8, 4) is 0 Å². The smallest absolute Gasteiger partial charge is 0.256 e. The largest absolute Gasteiger partial charge is 0.381 e. The summed E-state index contributed by atoms with van der Waals surface area (Å²) in [4.78, 5) is 21.2. The molecule has 0 unspecified atom stereocenters. The minimum atomic E-state index is -0.543. The molecule has 2 saturated heterocycles. The predicted molar refractivity (Wildman–Crippen MR) is 77.8 cm³/mol. The molecule has 2 atom stereocenters. The number of hydrogen-bond donors (Lipinski definition) is 2. The average molecular weight is 304 g/mol. The molecule has 1 aromatic heterocycles. The Morgan fingerprint density at radius 2 is 2.41 bits per heavy atom. The molecule has 2 aliphatic heterocycles. The quantitative estimate of drug-likeness (QED) is 0.819. The molecule has 2 aromatic rings. The van der Waals surface area contributed by atoms with Crippen LogP contribution in [0.1, 0.15) is 16.8 Å². The first kappa shape index (κ1) is 13.7. The third-order valence-electron chi connectivity index (χ3n) is 4.80. The number of carbonyl (C=O) groups excluding carboxylic acids is 1. The van der Waals surface area contributed by atoms with E-state index in [4.69, 9.17) is 10.5 Å². The number of hydrogen-bond acceptors (Lipinski definition) is 4. The van der Waals surface area contributed by atoms with Gasteiger partial charge in [0.05, 0.1) is 29.5 Å². The first-order valence-electron chi connectivity index (χ1n) is 7.35. The maximum Gasteiger partial charge on any atom is 0.256 e. The fourth-order valence-corrected chi connectivity index (χ4v) is 3.43. The van der Waals surface area contributed by atoms with Crippen LogP contribution in [0.25, 0.3) is 11.0 Å². The van der Waals surface area contributed by atoms with E-state index in [0.29, 0.717) is 37.3 Å². The summed E-state index contributed by atoms with van der Waals surface area (Å²) in [6.45, 7) is 2.12. The summed E-state index contributed by atoms with van der Waals surface area (Å²) < 4.78 is 19.7. The minimum Gasteiger partial charge on any atom is -0.381 e. The molecule has 0 bridgehead atoms. The number of H-pyrrole nitrogens is 1. The van der Waals surface area contributed by atoms with E-state index in [-0.39, 0.29) is 17.4 Å². The molecule has 3 N–H and O–H groups in total. The number of amides is 1. The summed E-state index contributed by atoms with van der Waals surface area (Å²) in [5.74, 6) is -0.761. The van der Waals surface area contributed by atoms with Gasteiger partial charge in [-0.2, -0.15) is 0 Å². The fourth-order valence-electron chi connectivity index (χ4n) is 3.43. The lowest BCUT2D eigenvalue weighted by atomic mass is 9.84. The van der Waals surface area contributed by atoms with Crippen LogP contribution in [0.3, 0.4) is 0 Å². The summed E-state index contributed by atoms with van der Waals surface area (Å²) >= 11 is 0. The van der Waals surface area contributed by atoms with Crippen LogP contribution in [0.2, 0.25) is 0 Å². The number of aromatic amines is 1. The molecule has 116 valence electrons. The maximum atomic E-state index is 14.2. The molecule has 4 rings (SSSR count). The van der Waals surface area contributed by atoms with E-state index in [1.54, 1.807) is 4.90 Å². The highest BCUT2D eigenvalue weighted by Gasteiger charge is 2.47. The van der Waals surface area contributed by atoms with E-state index in [2.05, 4.69) is 9.97 Å². The Kier molecular flexibility index (Phi) is 2.95. The molecule has 2 aliphatic rings. The van der Waals surface area contributed by atoms with Gasteiger partial charge in [-0.1, -0.05) is 0 Å². The number of imidazole rings is 1. The van der Waals surface area contributed by atoms with Crippen LogP contribution < -0.4 is 5.73 Å². The van der Waals surface area contributed by atoms with E-state index in [1.165, 1.54) is 18.5 Å². The third kappa shape index (κ3) is 2.00. The lowest BCUT2D eigenvalue weighted by molar-refractivity contribution is 0.0241. The number of aromatic nitrogens is 2. The molecule has 0 aliphatic carbocycles. The zero-order valence-electron chi connectivity index (χ0n) is 12.0. The van der Waals surface area contributed by atoms with E-state index in [9.17, 15) is 9.18 Å². The van der Waals surface area contributed by atoms with E-state index in [0.717, 1.165) is 6.42 Å². The Labute approximate surface area is 126 Å². The zero-order chi connectivity index (χ0) is 15.3. The van der Waals surface area contributed by atoms with E-state index in [1.807, 2.05) is 0 Å². The van der Waals surface area contributed by atoms with Crippen LogP contribution in [0.15, 0.2) is 18.5 Å². The third-order valence-corrected chi connectivity index (χ3v) is 4.80. The second-order valence-corrected chi connectivity index (χ2v) is 6.19. The highest BCUT2D eigenvalue weighted by atomic mass is 19.1. The summed E-state index contributed by atoms with van der Waals surface area (Å²) in [7, 11) is 0. The van der Waals surface area contributed by atoms with Crippen molar-refractivity contribution in [2.75, 3.05) is 26.3 Å². The number of nitrogens with two attached hydrogens (primary N) is 1. The van der Waals surface area contributed by atoms with Crippen molar-refractivity contribution >= 4 is 16.9 Å². The summed E-state index contributed by atoms with van der Waals surface area (Å²) in [6, 6.07) is 2.80. The van der Waals surface area contributed by atoms with Gasteiger partial charge in [0.15, 0.2) is 0 Å². The van der Waals surface area contributed by atoms with Crippen molar-refractivity contribution in [3.05, 3.63) is 29.8 Å². The van der Waals surface area contributed by atoms with E-state index >= 15 is 0 Å². The van der Waals surface area contributed by atoms with Crippen molar-refractivity contribution in [3.63, 3.8) is 0 Å². The molecule has 0 spiro atoms. The number of rotatable bonds is 1. The Morgan fingerprint density at radius 1 is 1.55 bits per heavy atom. The number of likely N-dealkylation sites (tertiary alicyclic amines) is 1. The number of ether oxygens (including phenoxy) is 1. The van der Waals surface area contributed by atoms with Gasteiger partial charge in [-0.15, -0.1) is 0 Å². The SMILES string of the molecule is N[C@@]12CCOC[C@@H]1CN(C(=O)c1cc3nc[nH]c3cc1F)C2. The zero-order valence-corrected chi connectivity index (χ0v) is 12.0. The lowest BCUT2D eigenvalue weighted by Gasteiger charge is -2.34. The molecule has 6 nitrogen and oxygen atoms in total. The van der Waals surface area contributed by atoms with Crippen molar-refractivity contribution < 1.29 is 13.9 Å². The van der Waals surface area contributed by atoms with Crippen LogP contribution in [0.5, 0.6) is 0 Å². The first-order valence-corrected chi connectivity index (χ1v) is 7.35. The van der Waals surface area contributed by atoms with Gasteiger partial charge in [-0.05, 0) is 12.5 Å². The second-order valence-electron chi connectivity index (χ2n) is 6.19. The van der Waals surface area contributed by atoms with Gasteiger partial charge in [-0.25, -0.2) is 9.37 Å². The number of benzene rings is 1. The van der Waals surface area contributed by atoms with Crippen molar-refractivity contribution in [2.24, 2.45) is 11.7 Å².